The van der Waals surface area contributed by atoms with Crippen LogP contribution in [0.2, 0.25) is 0 Å². The van der Waals surface area contributed by atoms with Gasteiger partial charge in [0.1, 0.15) is 22.6 Å². The normalized spacial score (nSPS) is 11.8. The highest BCUT2D eigenvalue weighted by Gasteiger charge is 2.16. The molecule has 0 saturated heterocycles. The standard InChI is InChI=1S/C17H15N3O3/c1-10(2)15-12(19-9-22-15)7-20-8-18-14-11-5-3-4-6-13(11)23-16(14)17(20)21/h3-6,8-10H,7H2,1-2H3. The Kier molecular flexibility index (Phi) is 3.04. The van der Waals surface area contributed by atoms with E-state index in [0.717, 1.165) is 16.8 Å². The molecule has 0 amide bonds. The van der Waals surface area contributed by atoms with Crippen molar-refractivity contribution in [1.29, 1.82) is 0 Å². The number of fused-ring (bicyclic) bond motifs is 3. The number of oxazole rings is 1. The fourth-order valence-corrected chi connectivity index (χ4v) is 2.76. The predicted octanol–water partition coefficient (Wildman–Crippen LogP) is 3.30. The van der Waals surface area contributed by atoms with E-state index in [4.69, 9.17) is 8.83 Å². The van der Waals surface area contributed by atoms with Crippen molar-refractivity contribution in [1.82, 2.24) is 14.5 Å². The maximum Gasteiger partial charge on any atom is 0.297 e. The number of hydrogen-bond donors (Lipinski definition) is 0. The summed E-state index contributed by atoms with van der Waals surface area (Å²) in [5.41, 5.74) is 2.03. The number of rotatable bonds is 3. The Balaban J connectivity index is 1.85. The second-order valence-electron chi connectivity index (χ2n) is 5.77. The molecule has 0 unspecified atom stereocenters. The van der Waals surface area contributed by atoms with Gasteiger partial charge in [0, 0.05) is 11.3 Å². The summed E-state index contributed by atoms with van der Waals surface area (Å²) in [6, 6.07) is 7.49. The molecule has 0 bridgehead atoms. The summed E-state index contributed by atoms with van der Waals surface area (Å²) in [5, 5.41) is 0.844. The Morgan fingerprint density at radius 2 is 2.04 bits per heavy atom. The van der Waals surface area contributed by atoms with Crippen molar-refractivity contribution in [2.75, 3.05) is 0 Å². The Bertz CT molecular complexity index is 1060. The summed E-state index contributed by atoms with van der Waals surface area (Å²) in [6.07, 6.45) is 2.94. The van der Waals surface area contributed by atoms with Gasteiger partial charge in [0.15, 0.2) is 6.39 Å². The molecule has 3 aromatic heterocycles. The van der Waals surface area contributed by atoms with Crippen LogP contribution in [0.25, 0.3) is 22.1 Å². The van der Waals surface area contributed by atoms with E-state index in [9.17, 15) is 4.79 Å². The molecule has 0 radical (unpaired) electrons. The molecule has 4 rings (SSSR count). The van der Waals surface area contributed by atoms with Gasteiger partial charge in [0.05, 0.1) is 12.9 Å². The molecule has 23 heavy (non-hydrogen) atoms. The topological polar surface area (TPSA) is 74.1 Å². The van der Waals surface area contributed by atoms with Crippen LogP contribution >= 0.6 is 0 Å². The van der Waals surface area contributed by atoms with Gasteiger partial charge in [0.2, 0.25) is 5.58 Å². The Morgan fingerprint density at radius 1 is 1.22 bits per heavy atom. The van der Waals surface area contributed by atoms with Crippen LogP contribution < -0.4 is 5.56 Å². The van der Waals surface area contributed by atoms with Crippen molar-refractivity contribution < 1.29 is 8.83 Å². The lowest BCUT2D eigenvalue weighted by Gasteiger charge is -2.06. The minimum absolute atomic E-state index is 0.200. The quantitative estimate of drug-likeness (QED) is 0.580. The summed E-state index contributed by atoms with van der Waals surface area (Å²) in [5.74, 6) is 0.979. The highest BCUT2D eigenvalue weighted by atomic mass is 16.3. The van der Waals surface area contributed by atoms with Crippen molar-refractivity contribution in [3.63, 3.8) is 0 Å². The molecule has 0 aliphatic carbocycles. The molecular weight excluding hydrogens is 294 g/mol. The van der Waals surface area contributed by atoms with Crippen LogP contribution in [-0.2, 0) is 6.54 Å². The van der Waals surface area contributed by atoms with Gasteiger partial charge in [-0.15, -0.1) is 0 Å². The molecule has 116 valence electrons. The maximum atomic E-state index is 12.7. The molecule has 0 spiro atoms. The molecule has 6 heteroatoms. The molecule has 0 saturated carbocycles. The van der Waals surface area contributed by atoms with Crippen LogP contribution in [0.5, 0.6) is 0 Å². The van der Waals surface area contributed by atoms with Crippen LogP contribution in [0.3, 0.4) is 0 Å². The zero-order chi connectivity index (χ0) is 16.0. The molecule has 0 N–H and O–H groups in total. The van der Waals surface area contributed by atoms with Crippen molar-refractivity contribution in [2.24, 2.45) is 0 Å². The molecule has 6 nitrogen and oxygen atoms in total. The van der Waals surface area contributed by atoms with Crippen molar-refractivity contribution >= 4 is 22.1 Å². The van der Waals surface area contributed by atoms with Gasteiger partial charge in [0.25, 0.3) is 5.56 Å². The van der Waals surface area contributed by atoms with E-state index in [2.05, 4.69) is 9.97 Å². The van der Waals surface area contributed by atoms with Gasteiger partial charge in [-0.05, 0) is 12.1 Å². The third kappa shape index (κ3) is 2.14. The zero-order valence-electron chi connectivity index (χ0n) is 12.8. The third-order valence-corrected chi connectivity index (χ3v) is 3.87. The van der Waals surface area contributed by atoms with Crippen LogP contribution in [0.1, 0.15) is 31.2 Å². The SMILES string of the molecule is CC(C)c1ocnc1Cn1cnc2c(oc3ccccc32)c1=O. The van der Waals surface area contributed by atoms with Crippen molar-refractivity contribution in [3.05, 3.63) is 58.8 Å². The Morgan fingerprint density at radius 3 is 2.87 bits per heavy atom. The lowest BCUT2D eigenvalue weighted by molar-refractivity contribution is 0.477. The fraction of sp³-hybridized carbons (Fsp3) is 0.235. The zero-order valence-corrected chi connectivity index (χ0v) is 12.8. The van der Waals surface area contributed by atoms with Gasteiger partial charge in [-0.3, -0.25) is 9.36 Å². The van der Waals surface area contributed by atoms with Crippen molar-refractivity contribution in [3.8, 4) is 0 Å². The summed E-state index contributed by atoms with van der Waals surface area (Å²) in [7, 11) is 0. The Hall–Kier alpha value is -2.89. The average Bonchev–Trinajstić information content (AvgIpc) is 3.15. The van der Waals surface area contributed by atoms with E-state index < -0.39 is 0 Å². The molecule has 3 heterocycles. The van der Waals surface area contributed by atoms with E-state index in [0.29, 0.717) is 17.6 Å². The minimum Gasteiger partial charge on any atom is -0.448 e. The van der Waals surface area contributed by atoms with E-state index in [1.165, 1.54) is 17.3 Å². The summed E-state index contributed by atoms with van der Waals surface area (Å²) in [4.78, 5) is 21.3. The van der Waals surface area contributed by atoms with Crippen LogP contribution in [-0.4, -0.2) is 14.5 Å². The van der Waals surface area contributed by atoms with Gasteiger partial charge in [-0.25, -0.2) is 9.97 Å². The largest absolute Gasteiger partial charge is 0.448 e. The van der Waals surface area contributed by atoms with Crippen LogP contribution in [0, 0.1) is 0 Å². The van der Waals surface area contributed by atoms with Gasteiger partial charge in [-0.1, -0.05) is 26.0 Å². The molecule has 0 atom stereocenters. The summed E-state index contributed by atoms with van der Waals surface area (Å²) < 4.78 is 12.6. The molecule has 0 aliphatic heterocycles. The fourth-order valence-electron chi connectivity index (χ4n) is 2.76. The minimum atomic E-state index is -0.219. The molecule has 0 aliphatic rings. The number of aromatic nitrogens is 3. The van der Waals surface area contributed by atoms with Crippen molar-refractivity contribution in [2.45, 2.75) is 26.3 Å². The first kappa shape index (κ1) is 13.8. The lowest BCUT2D eigenvalue weighted by Crippen LogP contribution is -2.21. The van der Waals surface area contributed by atoms with Crippen LogP contribution in [0.4, 0.5) is 0 Å². The Labute approximate surface area is 131 Å². The van der Waals surface area contributed by atoms with E-state index >= 15 is 0 Å². The smallest absolute Gasteiger partial charge is 0.297 e. The number of furan rings is 1. The molecule has 0 fully saturated rings. The van der Waals surface area contributed by atoms with Gasteiger partial charge >= 0.3 is 0 Å². The monoisotopic (exact) mass is 309 g/mol. The second kappa shape index (κ2) is 5.08. The van der Waals surface area contributed by atoms with Gasteiger partial charge in [-0.2, -0.15) is 0 Å². The summed E-state index contributed by atoms with van der Waals surface area (Å²) in [6.45, 7) is 4.35. The molecule has 4 aromatic rings. The number of para-hydroxylation sites is 1. The van der Waals surface area contributed by atoms with E-state index in [1.807, 2.05) is 38.1 Å². The van der Waals surface area contributed by atoms with E-state index in [1.54, 1.807) is 0 Å². The van der Waals surface area contributed by atoms with E-state index in [-0.39, 0.29) is 17.1 Å². The predicted molar refractivity (Wildman–Crippen MR) is 85.5 cm³/mol. The average molecular weight is 309 g/mol. The third-order valence-electron chi connectivity index (χ3n) is 3.87. The highest BCUT2D eigenvalue weighted by molar-refractivity contribution is 6.01. The second-order valence-corrected chi connectivity index (χ2v) is 5.77. The molecular formula is C17H15N3O3. The number of benzene rings is 1. The molecule has 1 aromatic carbocycles. The summed E-state index contributed by atoms with van der Waals surface area (Å²) >= 11 is 0. The lowest BCUT2D eigenvalue weighted by atomic mass is 10.1. The van der Waals surface area contributed by atoms with Gasteiger partial charge < -0.3 is 8.83 Å². The first-order valence-electron chi connectivity index (χ1n) is 7.44. The number of hydrogen-bond acceptors (Lipinski definition) is 5. The number of nitrogens with zero attached hydrogens (tertiary/aromatic N) is 3. The first-order valence-corrected chi connectivity index (χ1v) is 7.44. The first-order chi connectivity index (χ1) is 11.1. The highest BCUT2D eigenvalue weighted by Crippen LogP contribution is 2.24. The maximum absolute atomic E-state index is 12.7. The van der Waals surface area contributed by atoms with Crippen LogP contribution in [0.15, 0.2) is 50.6 Å².